The first-order valence-electron chi connectivity index (χ1n) is 6.98. The summed E-state index contributed by atoms with van der Waals surface area (Å²) in [7, 11) is 0. The van der Waals surface area contributed by atoms with E-state index in [9.17, 15) is 28.2 Å². The van der Waals surface area contributed by atoms with Crippen molar-refractivity contribution >= 4 is 6.09 Å². The van der Waals surface area contributed by atoms with Crippen LogP contribution in [0.5, 0.6) is 0 Å². The van der Waals surface area contributed by atoms with Crippen LogP contribution in [-0.2, 0) is 4.74 Å². The second-order valence-electron chi connectivity index (χ2n) is 6.03. The standard InChI is InChI=1S/C15H20F3NO4/c1-15(2,3)23-14(22)19-5-4-11(20)13(21)8-6-9(16)12(18)10(17)7-8/h6-7,11,13,20-21H,4-5H2,1-3H3,(H,19,22). The van der Waals surface area contributed by atoms with Crippen molar-refractivity contribution in [2.75, 3.05) is 6.54 Å². The molecule has 0 saturated carbocycles. The van der Waals surface area contributed by atoms with Gasteiger partial charge in [-0.2, -0.15) is 0 Å². The molecule has 0 heterocycles. The number of nitrogens with one attached hydrogen (secondary N) is 1. The van der Waals surface area contributed by atoms with Crippen molar-refractivity contribution in [2.24, 2.45) is 0 Å². The van der Waals surface area contributed by atoms with Gasteiger partial charge in [-0.1, -0.05) is 0 Å². The third-order valence-corrected chi connectivity index (χ3v) is 2.82. The Kier molecular flexibility index (Phi) is 6.40. The Morgan fingerprint density at radius 2 is 1.74 bits per heavy atom. The summed E-state index contributed by atoms with van der Waals surface area (Å²) in [6.07, 6.45) is -3.83. The minimum atomic E-state index is -1.65. The molecule has 2 atom stereocenters. The van der Waals surface area contributed by atoms with Crippen molar-refractivity contribution in [3.05, 3.63) is 35.1 Å². The molecule has 130 valence electrons. The van der Waals surface area contributed by atoms with Gasteiger partial charge in [0.05, 0.1) is 6.10 Å². The maximum absolute atomic E-state index is 13.1. The van der Waals surface area contributed by atoms with Gasteiger partial charge in [0.25, 0.3) is 0 Å². The minimum Gasteiger partial charge on any atom is -0.444 e. The van der Waals surface area contributed by atoms with Crippen LogP contribution in [-0.4, -0.2) is 34.6 Å². The summed E-state index contributed by atoms with van der Waals surface area (Å²) in [5.41, 5.74) is -0.975. The van der Waals surface area contributed by atoms with E-state index < -0.39 is 41.4 Å². The van der Waals surface area contributed by atoms with E-state index in [4.69, 9.17) is 4.74 Å². The molecule has 0 aliphatic carbocycles. The molecule has 0 fully saturated rings. The van der Waals surface area contributed by atoms with E-state index >= 15 is 0 Å². The van der Waals surface area contributed by atoms with Crippen molar-refractivity contribution in [2.45, 2.75) is 45.0 Å². The molecule has 1 aromatic carbocycles. The number of rotatable bonds is 5. The average molecular weight is 335 g/mol. The van der Waals surface area contributed by atoms with E-state index in [1.807, 2.05) is 0 Å². The van der Waals surface area contributed by atoms with Crippen LogP contribution < -0.4 is 5.32 Å². The van der Waals surface area contributed by atoms with E-state index in [2.05, 4.69) is 5.32 Å². The quantitative estimate of drug-likeness (QED) is 0.722. The molecule has 0 aromatic heterocycles. The Balaban J connectivity index is 2.55. The Labute approximate surface area is 132 Å². The first-order chi connectivity index (χ1) is 10.5. The third kappa shape index (κ3) is 6.07. The predicted molar refractivity (Wildman–Crippen MR) is 76.1 cm³/mol. The van der Waals surface area contributed by atoms with Crippen molar-refractivity contribution in [1.82, 2.24) is 5.32 Å². The predicted octanol–water partition coefficient (Wildman–Crippen LogP) is 2.41. The van der Waals surface area contributed by atoms with Gasteiger partial charge < -0.3 is 20.3 Å². The Hall–Kier alpha value is -1.80. The highest BCUT2D eigenvalue weighted by molar-refractivity contribution is 5.67. The van der Waals surface area contributed by atoms with E-state index in [0.717, 1.165) is 0 Å². The van der Waals surface area contributed by atoms with E-state index in [0.29, 0.717) is 12.1 Å². The summed E-state index contributed by atoms with van der Waals surface area (Å²) >= 11 is 0. The number of carbonyl (C=O) groups is 1. The van der Waals surface area contributed by atoms with Crippen LogP contribution in [0, 0.1) is 17.5 Å². The molecule has 23 heavy (non-hydrogen) atoms. The normalized spacial score (nSPS) is 14.3. The lowest BCUT2D eigenvalue weighted by Crippen LogP contribution is -2.34. The Morgan fingerprint density at radius 1 is 1.22 bits per heavy atom. The van der Waals surface area contributed by atoms with Crippen LogP contribution in [0.1, 0.15) is 38.9 Å². The number of halogens is 3. The van der Waals surface area contributed by atoms with Gasteiger partial charge in [-0.05, 0) is 44.9 Å². The fourth-order valence-electron chi connectivity index (χ4n) is 1.76. The molecule has 2 unspecified atom stereocenters. The highest BCUT2D eigenvalue weighted by Gasteiger charge is 2.22. The van der Waals surface area contributed by atoms with Gasteiger partial charge in [0, 0.05) is 6.54 Å². The van der Waals surface area contributed by atoms with E-state index in [-0.39, 0.29) is 18.5 Å². The highest BCUT2D eigenvalue weighted by atomic mass is 19.2. The van der Waals surface area contributed by atoms with Crippen LogP contribution in [0.15, 0.2) is 12.1 Å². The highest BCUT2D eigenvalue weighted by Crippen LogP contribution is 2.23. The molecule has 0 spiro atoms. The molecule has 3 N–H and O–H groups in total. The minimum absolute atomic E-state index is 0.0285. The lowest BCUT2D eigenvalue weighted by Gasteiger charge is -2.21. The molecule has 0 aliphatic rings. The van der Waals surface area contributed by atoms with Gasteiger partial charge in [-0.15, -0.1) is 0 Å². The molecule has 1 aromatic rings. The van der Waals surface area contributed by atoms with Gasteiger partial charge in [0.1, 0.15) is 11.7 Å². The van der Waals surface area contributed by atoms with Gasteiger partial charge >= 0.3 is 6.09 Å². The van der Waals surface area contributed by atoms with Gasteiger partial charge in [-0.25, -0.2) is 18.0 Å². The molecule has 0 bridgehead atoms. The van der Waals surface area contributed by atoms with Gasteiger partial charge in [-0.3, -0.25) is 0 Å². The molecule has 0 saturated heterocycles. The van der Waals surface area contributed by atoms with Crippen molar-refractivity contribution in [3.8, 4) is 0 Å². The topological polar surface area (TPSA) is 78.8 Å². The summed E-state index contributed by atoms with van der Waals surface area (Å²) in [6.45, 7) is 5.02. The maximum atomic E-state index is 13.1. The molecule has 8 heteroatoms. The molecular formula is C15H20F3NO4. The lowest BCUT2D eigenvalue weighted by atomic mass is 10.0. The number of hydrogen-bond acceptors (Lipinski definition) is 4. The van der Waals surface area contributed by atoms with Crippen LogP contribution in [0.4, 0.5) is 18.0 Å². The smallest absolute Gasteiger partial charge is 0.407 e. The number of ether oxygens (including phenoxy) is 1. The molecular weight excluding hydrogens is 315 g/mol. The zero-order chi connectivity index (χ0) is 17.8. The molecule has 0 aliphatic heterocycles. The average Bonchev–Trinajstić information content (AvgIpc) is 2.41. The number of carbonyl (C=O) groups excluding carboxylic acids is 1. The fourth-order valence-corrected chi connectivity index (χ4v) is 1.76. The molecule has 1 rings (SSSR count). The lowest BCUT2D eigenvalue weighted by molar-refractivity contribution is 0.0119. The summed E-state index contributed by atoms with van der Waals surface area (Å²) in [4.78, 5) is 11.4. The molecule has 1 amide bonds. The number of hydrogen-bond donors (Lipinski definition) is 3. The summed E-state index contributed by atoms with van der Waals surface area (Å²) < 4.78 is 44.0. The van der Waals surface area contributed by atoms with Crippen molar-refractivity contribution in [3.63, 3.8) is 0 Å². The van der Waals surface area contributed by atoms with Crippen LogP contribution in [0.25, 0.3) is 0 Å². The van der Waals surface area contributed by atoms with Crippen LogP contribution in [0.3, 0.4) is 0 Å². The fraction of sp³-hybridized carbons (Fsp3) is 0.533. The number of aliphatic hydroxyl groups is 2. The number of benzene rings is 1. The van der Waals surface area contributed by atoms with Crippen LogP contribution in [0.2, 0.25) is 0 Å². The molecule has 0 radical (unpaired) electrons. The van der Waals surface area contributed by atoms with Gasteiger partial charge in [0.15, 0.2) is 17.5 Å². The van der Waals surface area contributed by atoms with E-state index in [1.54, 1.807) is 20.8 Å². The molecule has 5 nitrogen and oxygen atoms in total. The number of alkyl carbamates (subject to hydrolysis) is 1. The summed E-state index contributed by atoms with van der Waals surface area (Å²) in [5.74, 6) is -4.57. The van der Waals surface area contributed by atoms with Crippen molar-refractivity contribution in [1.29, 1.82) is 0 Å². The van der Waals surface area contributed by atoms with Crippen molar-refractivity contribution < 1.29 is 32.9 Å². The second-order valence-corrected chi connectivity index (χ2v) is 6.03. The third-order valence-electron chi connectivity index (χ3n) is 2.82. The van der Waals surface area contributed by atoms with Gasteiger partial charge in [0.2, 0.25) is 0 Å². The second kappa shape index (κ2) is 7.65. The largest absolute Gasteiger partial charge is 0.444 e. The number of aliphatic hydroxyl groups excluding tert-OH is 2. The summed E-state index contributed by atoms with van der Waals surface area (Å²) in [6, 6.07) is 1.21. The van der Waals surface area contributed by atoms with Crippen LogP contribution >= 0.6 is 0 Å². The monoisotopic (exact) mass is 335 g/mol. The Bertz CT molecular complexity index is 537. The Morgan fingerprint density at radius 3 is 2.22 bits per heavy atom. The first-order valence-corrected chi connectivity index (χ1v) is 6.98. The zero-order valence-corrected chi connectivity index (χ0v) is 13.1. The van der Waals surface area contributed by atoms with E-state index in [1.165, 1.54) is 0 Å². The summed E-state index contributed by atoms with van der Waals surface area (Å²) in [5, 5.41) is 22.0. The first kappa shape index (κ1) is 19.2. The maximum Gasteiger partial charge on any atom is 0.407 e. The number of amides is 1. The SMILES string of the molecule is CC(C)(C)OC(=O)NCCC(O)C(O)c1cc(F)c(F)c(F)c1. The zero-order valence-electron chi connectivity index (χ0n) is 13.1.